The Hall–Kier alpha value is -4.60. The summed E-state index contributed by atoms with van der Waals surface area (Å²) in [5, 5.41) is 20.8. The summed E-state index contributed by atoms with van der Waals surface area (Å²) < 4.78 is 22.7. The number of alkyl carbamates (subject to hydrolysis) is 1. The van der Waals surface area contributed by atoms with Crippen molar-refractivity contribution in [2.24, 2.45) is 5.92 Å². The van der Waals surface area contributed by atoms with Gasteiger partial charge in [-0.15, -0.1) is 10.2 Å². The maximum absolute atomic E-state index is 13.0. The van der Waals surface area contributed by atoms with Crippen molar-refractivity contribution in [3.8, 4) is 17.2 Å². The highest BCUT2D eigenvalue weighted by molar-refractivity contribution is 6.60. The molecule has 1 aromatic carbocycles. The molecule has 1 aliphatic carbocycles. The fourth-order valence-electron chi connectivity index (χ4n) is 4.16. The van der Waals surface area contributed by atoms with Gasteiger partial charge in [-0.05, 0) is 66.5 Å². The third kappa shape index (κ3) is 10.5. The summed E-state index contributed by atoms with van der Waals surface area (Å²) in [6.45, 7) is 10.9. The molecule has 0 spiro atoms. The molecule has 4 rings (SSSR count). The summed E-state index contributed by atoms with van der Waals surface area (Å²) in [4.78, 5) is 42.6. The van der Waals surface area contributed by atoms with Crippen LogP contribution in [0, 0.1) is 5.92 Å². The number of para-hydroxylation sites is 1. The third-order valence-corrected chi connectivity index (χ3v) is 6.38. The topological polar surface area (TPSA) is 192 Å². The van der Waals surface area contributed by atoms with Gasteiger partial charge in [-0.3, -0.25) is 9.59 Å². The largest absolute Gasteiger partial charge is 0.494 e. The molecule has 3 amide bonds. The molecular weight excluding hydrogens is 617 g/mol. The van der Waals surface area contributed by atoms with Gasteiger partial charge in [0.05, 0.1) is 59.8 Å². The molecule has 0 aliphatic heterocycles. The second-order valence-electron chi connectivity index (χ2n) is 13.2. The normalized spacial score (nSPS) is 14.1. The van der Waals surface area contributed by atoms with Crippen molar-refractivity contribution < 1.29 is 33.1 Å². The second-order valence-corrected chi connectivity index (χ2v) is 13.2. The molecule has 2 aromatic heterocycles. The van der Waals surface area contributed by atoms with Crippen LogP contribution < -0.4 is 26.0 Å². The Morgan fingerprint density at radius 3 is 2.33 bits per heavy atom. The first-order valence-corrected chi connectivity index (χ1v) is 15.1. The number of nitrogens with zero attached hydrogens (tertiary/aromatic N) is 4. The number of methoxy groups -OCH3 is 1. The molecular formula is C30H37B3N8O7. The van der Waals surface area contributed by atoms with E-state index in [1.54, 1.807) is 39.0 Å². The Bertz CT molecular complexity index is 1650. The molecule has 248 valence electrons. The van der Waals surface area contributed by atoms with Crippen molar-refractivity contribution in [1.29, 1.82) is 0 Å². The van der Waals surface area contributed by atoms with Crippen LogP contribution in [0.5, 0.6) is 5.75 Å². The molecule has 15 nitrogen and oxygen atoms in total. The van der Waals surface area contributed by atoms with E-state index in [1.807, 2.05) is 20.8 Å². The van der Waals surface area contributed by atoms with Crippen molar-refractivity contribution in [1.82, 2.24) is 31.0 Å². The number of hydrogen-bond donors (Lipinski definition) is 4. The molecule has 1 atom stereocenters. The molecule has 0 saturated heterocycles. The molecule has 1 saturated carbocycles. The van der Waals surface area contributed by atoms with E-state index in [9.17, 15) is 14.4 Å². The fraction of sp³-hybridized carbons (Fsp3) is 0.500. The minimum atomic E-state index is -2.05. The Balaban J connectivity index is 1.67. The van der Waals surface area contributed by atoms with E-state index in [0.29, 0.717) is 11.3 Å². The van der Waals surface area contributed by atoms with Crippen LogP contribution >= 0.6 is 0 Å². The molecule has 18 heteroatoms. The van der Waals surface area contributed by atoms with Crippen LogP contribution in [-0.4, -0.2) is 91.9 Å². The van der Waals surface area contributed by atoms with Gasteiger partial charge in [0.25, 0.3) is 11.8 Å². The second kappa shape index (κ2) is 14.3. The number of nitrogens with one attached hydrogen (secondary N) is 4. The fourth-order valence-corrected chi connectivity index (χ4v) is 4.16. The number of hydrogen-bond acceptors (Lipinski definition) is 12. The highest BCUT2D eigenvalue weighted by Gasteiger charge is 2.31. The maximum atomic E-state index is 13.0. The number of benzene rings is 1. The SMILES string of the molecule is [B]C([B])([B])NC(=O)c1nnc(NC(=O)C2CC2)cc1Nc1cccc(-c2nc([C@H](COC(C)(C)C)NC(=O)OC(C)(C)C)no2)c1OC. The molecule has 48 heavy (non-hydrogen) atoms. The number of ether oxygens (including phenoxy) is 3. The van der Waals surface area contributed by atoms with E-state index < -0.39 is 34.5 Å². The minimum Gasteiger partial charge on any atom is -0.494 e. The standard InChI is InChI=1S/C30H37B3N8O7/c1-28(2,3)46-14-19(35-27(44)47-29(4,5)6)23-37-26(48-41-23)16-9-8-10-17(22(16)45-7)34-18-13-20(36-24(42)15-11-12-15)39-40-21(18)25(43)38-30(31,32)33/h8-10,13,15,19H,11-12,14H2,1-7H3,(H,35,44)(H,38,43)(H2,34,36,39,42)/t19-/m0/s1. The first-order chi connectivity index (χ1) is 22.3. The number of amides is 3. The molecule has 4 N–H and O–H groups in total. The summed E-state index contributed by atoms with van der Waals surface area (Å²) in [6.07, 6.45) is 0.869. The predicted octanol–water partition coefficient (Wildman–Crippen LogP) is 2.85. The molecule has 3 aromatic rings. The van der Waals surface area contributed by atoms with Crippen LogP contribution in [-0.2, 0) is 14.3 Å². The summed E-state index contributed by atoms with van der Waals surface area (Å²) in [7, 11) is 18.2. The van der Waals surface area contributed by atoms with Gasteiger partial charge in [-0.25, -0.2) is 4.79 Å². The summed E-state index contributed by atoms with van der Waals surface area (Å²) in [5.74, 6) is -0.626. The number of carbonyl (C=O) groups is 3. The van der Waals surface area contributed by atoms with Crippen LogP contribution in [0.2, 0.25) is 0 Å². The summed E-state index contributed by atoms with van der Waals surface area (Å²) in [6, 6.07) is 5.61. The van der Waals surface area contributed by atoms with E-state index in [2.05, 4.69) is 41.6 Å². The lowest BCUT2D eigenvalue weighted by atomic mass is 9.49. The average molecular weight is 654 g/mol. The third-order valence-electron chi connectivity index (χ3n) is 6.38. The van der Waals surface area contributed by atoms with E-state index in [-0.39, 0.29) is 53.1 Å². The van der Waals surface area contributed by atoms with Crippen molar-refractivity contribution in [2.45, 2.75) is 76.9 Å². The van der Waals surface area contributed by atoms with E-state index in [4.69, 9.17) is 42.3 Å². The van der Waals surface area contributed by atoms with Crippen molar-refractivity contribution in [3.05, 3.63) is 35.8 Å². The monoisotopic (exact) mass is 654 g/mol. The number of aromatic nitrogens is 4. The Morgan fingerprint density at radius 1 is 1.02 bits per heavy atom. The zero-order valence-electron chi connectivity index (χ0n) is 28.0. The van der Waals surface area contributed by atoms with E-state index >= 15 is 0 Å². The Kier molecular flexibility index (Phi) is 10.8. The average Bonchev–Trinajstić information content (AvgIpc) is 3.70. The zero-order valence-corrected chi connectivity index (χ0v) is 28.0. The Morgan fingerprint density at radius 2 is 1.73 bits per heavy atom. The number of anilines is 3. The van der Waals surface area contributed by atoms with Crippen LogP contribution in [0.25, 0.3) is 11.5 Å². The quantitative estimate of drug-likeness (QED) is 0.209. The minimum absolute atomic E-state index is 0.0234. The highest BCUT2D eigenvalue weighted by Crippen LogP contribution is 2.38. The first kappa shape index (κ1) is 36.2. The van der Waals surface area contributed by atoms with E-state index in [0.717, 1.165) is 12.8 Å². The lowest BCUT2D eigenvalue weighted by molar-refractivity contribution is -0.117. The summed E-state index contributed by atoms with van der Waals surface area (Å²) in [5.41, 5.74) is -0.668. The predicted molar refractivity (Wildman–Crippen MR) is 178 cm³/mol. The zero-order chi connectivity index (χ0) is 35.4. The van der Waals surface area contributed by atoms with Gasteiger partial charge in [0.1, 0.15) is 11.6 Å². The molecule has 1 aliphatic rings. The highest BCUT2D eigenvalue weighted by atomic mass is 16.6. The van der Waals surface area contributed by atoms with Gasteiger partial charge in [0.15, 0.2) is 23.1 Å². The van der Waals surface area contributed by atoms with Crippen LogP contribution in [0.1, 0.15) is 76.7 Å². The number of carbonyl (C=O) groups excluding carboxylic acids is 3. The molecule has 0 unspecified atom stereocenters. The van der Waals surface area contributed by atoms with Gasteiger partial charge >= 0.3 is 6.09 Å². The molecule has 6 radical (unpaired) electrons. The molecule has 1 fully saturated rings. The van der Waals surface area contributed by atoms with E-state index in [1.165, 1.54) is 13.2 Å². The van der Waals surface area contributed by atoms with Gasteiger partial charge in [-0.1, -0.05) is 16.5 Å². The van der Waals surface area contributed by atoms with Crippen molar-refractivity contribution >= 4 is 58.6 Å². The lowest BCUT2D eigenvalue weighted by Crippen LogP contribution is -2.50. The van der Waals surface area contributed by atoms with Gasteiger partial charge < -0.3 is 40.0 Å². The number of rotatable bonds is 12. The van der Waals surface area contributed by atoms with Crippen LogP contribution in [0.15, 0.2) is 28.8 Å². The molecule has 2 heterocycles. The van der Waals surface area contributed by atoms with Gasteiger partial charge in [-0.2, -0.15) is 4.98 Å². The maximum Gasteiger partial charge on any atom is 0.408 e. The lowest BCUT2D eigenvalue weighted by Gasteiger charge is -2.25. The Labute approximate surface area is 282 Å². The van der Waals surface area contributed by atoms with Crippen molar-refractivity contribution in [3.63, 3.8) is 0 Å². The molecule has 0 bridgehead atoms. The van der Waals surface area contributed by atoms with Crippen LogP contribution in [0.4, 0.5) is 22.0 Å². The van der Waals surface area contributed by atoms with Gasteiger partial charge in [0, 0.05) is 12.0 Å². The smallest absolute Gasteiger partial charge is 0.408 e. The van der Waals surface area contributed by atoms with Crippen molar-refractivity contribution in [2.75, 3.05) is 24.4 Å². The summed E-state index contributed by atoms with van der Waals surface area (Å²) >= 11 is 0. The van der Waals surface area contributed by atoms with Gasteiger partial charge in [0.2, 0.25) is 5.91 Å². The van der Waals surface area contributed by atoms with Crippen LogP contribution in [0.3, 0.4) is 0 Å². The first-order valence-electron chi connectivity index (χ1n) is 15.1.